The average molecular weight is 221 g/mol. The van der Waals surface area contributed by atoms with Crippen molar-refractivity contribution in [2.24, 2.45) is 0 Å². The lowest BCUT2D eigenvalue weighted by molar-refractivity contribution is -0.275. The Morgan fingerprint density at radius 1 is 1.27 bits per heavy atom. The minimum Gasteiger partial charge on any atom is -0.493 e. The third kappa shape index (κ3) is 3.32. The van der Waals surface area contributed by atoms with Gasteiger partial charge in [-0.25, -0.2) is 0 Å². The molecule has 1 aromatic rings. The van der Waals surface area contributed by atoms with Crippen molar-refractivity contribution in [3.63, 3.8) is 0 Å². The van der Waals surface area contributed by atoms with E-state index in [0.717, 1.165) is 12.7 Å². The van der Waals surface area contributed by atoms with Crippen LogP contribution in [0.1, 0.15) is 5.56 Å². The Kier molecular flexibility index (Phi) is 3.41. The van der Waals surface area contributed by atoms with Gasteiger partial charge in [0.05, 0.1) is 7.11 Å². The van der Waals surface area contributed by atoms with E-state index in [2.05, 4.69) is 9.47 Å². The summed E-state index contributed by atoms with van der Waals surface area (Å²) in [7, 11) is 1.21. The second-order valence-electron chi connectivity index (χ2n) is 2.59. The van der Waals surface area contributed by atoms with E-state index in [0.29, 0.717) is 5.56 Å². The molecule has 1 radical (unpaired) electrons. The summed E-state index contributed by atoms with van der Waals surface area (Å²) in [5, 5.41) is 8.64. The van der Waals surface area contributed by atoms with Crippen molar-refractivity contribution >= 4 is 0 Å². The molecule has 0 fully saturated rings. The van der Waals surface area contributed by atoms with E-state index >= 15 is 0 Å². The summed E-state index contributed by atoms with van der Waals surface area (Å²) in [5.74, 6) is -0.550. The van der Waals surface area contributed by atoms with E-state index in [1.165, 1.54) is 19.2 Å². The van der Waals surface area contributed by atoms with E-state index in [4.69, 9.17) is 5.11 Å². The molecule has 0 aliphatic carbocycles. The Bertz CT molecular complexity index is 336. The van der Waals surface area contributed by atoms with Crippen LogP contribution in [0, 0.1) is 6.61 Å². The van der Waals surface area contributed by atoms with Crippen LogP contribution >= 0.6 is 0 Å². The van der Waals surface area contributed by atoms with E-state index in [-0.39, 0.29) is 5.75 Å². The fourth-order valence-corrected chi connectivity index (χ4v) is 0.973. The van der Waals surface area contributed by atoms with Crippen LogP contribution in [0.15, 0.2) is 18.2 Å². The molecule has 0 amide bonds. The monoisotopic (exact) mass is 221 g/mol. The number of benzene rings is 1. The molecule has 0 heterocycles. The van der Waals surface area contributed by atoms with Gasteiger partial charge in [-0.05, 0) is 17.7 Å². The average Bonchev–Trinajstić information content (AvgIpc) is 2.16. The molecule has 1 N–H and O–H groups in total. The number of rotatable bonds is 3. The van der Waals surface area contributed by atoms with E-state index in [1.54, 1.807) is 0 Å². The Hall–Kier alpha value is -1.43. The molecule has 6 heteroatoms. The summed E-state index contributed by atoms with van der Waals surface area (Å²) >= 11 is 0. The highest BCUT2D eigenvalue weighted by Crippen LogP contribution is 2.32. The quantitative estimate of drug-likeness (QED) is 0.852. The molecule has 0 saturated carbocycles. The molecule has 15 heavy (non-hydrogen) atoms. The van der Waals surface area contributed by atoms with E-state index in [9.17, 15) is 13.2 Å². The minimum atomic E-state index is -4.77. The third-order valence-electron chi connectivity index (χ3n) is 1.56. The zero-order chi connectivity index (χ0) is 11.5. The Morgan fingerprint density at radius 2 is 1.93 bits per heavy atom. The zero-order valence-corrected chi connectivity index (χ0v) is 7.71. The van der Waals surface area contributed by atoms with Gasteiger partial charge in [-0.3, -0.25) is 0 Å². The number of ether oxygens (including phenoxy) is 2. The second kappa shape index (κ2) is 4.39. The molecule has 0 unspecified atom stereocenters. The van der Waals surface area contributed by atoms with Crippen LogP contribution in [0.2, 0.25) is 0 Å². The van der Waals surface area contributed by atoms with Gasteiger partial charge < -0.3 is 14.6 Å². The molecule has 0 atom stereocenters. The first-order valence-electron chi connectivity index (χ1n) is 3.87. The number of aliphatic hydroxyl groups is 1. The zero-order valence-electron chi connectivity index (χ0n) is 7.71. The van der Waals surface area contributed by atoms with Gasteiger partial charge in [-0.15, -0.1) is 13.2 Å². The lowest BCUT2D eigenvalue weighted by Gasteiger charge is -2.12. The largest absolute Gasteiger partial charge is 0.573 e. The van der Waals surface area contributed by atoms with Crippen LogP contribution in [0.5, 0.6) is 11.5 Å². The van der Waals surface area contributed by atoms with Crippen molar-refractivity contribution in [2.75, 3.05) is 7.11 Å². The maximum absolute atomic E-state index is 11.9. The fourth-order valence-electron chi connectivity index (χ4n) is 0.973. The van der Waals surface area contributed by atoms with Gasteiger partial charge in [0.2, 0.25) is 0 Å². The first-order valence-corrected chi connectivity index (χ1v) is 3.87. The van der Waals surface area contributed by atoms with Crippen molar-refractivity contribution in [3.8, 4) is 11.5 Å². The third-order valence-corrected chi connectivity index (χ3v) is 1.56. The molecule has 0 aliphatic rings. The van der Waals surface area contributed by atoms with Crippen LogP contribution in [0.3, 0.4) is 0 Å². The van der Waals surface area contributed by atoms with Crippen LogP contribution in [-0.2, 0) is 0 Å². The number of alkyl halides is 3. The number of hydrogen-bond acceptors (Lipinski definition) is 3. The first-order chi connectivity index (χ1) is 6.96. The first kappa shape index (κ1) is 11.6. The van der Waals surface area contributed by atoms with Crippen molar-refractivity contribution in [2.45, 2.75) is 6.36 Å². The number of aliphatic hydroxyl groups excluding tert-OH is 1. The molecule has 1 aromatic carbocycles. The molecule has 0 aliphatic heterocycles. The van der Waals surface area contributed by atoms with Crippen molar-refractivity contribution in [1.29, 1.82) is 0 Å². The van der Waals surface area contributed by atoms with Crippen molar-refractivity contribution in [3.05, 3.63) is 30.4 Å². The smallest absolute Gasteiger partial charge is 0.493 e. The lowest BCUT2D eigenvalue weighted by Crippen LogP contribution is -2.17. The van der Waals surface area contributed by atoms with Gasteiger partial charge in [0, 0.05) is 0 Å². The topological polar surface area (TPSA) is 38.7 Å². The Morgan fingerprint density at radius 3 is 2.40 bits per heavy atom. The van der Waals surface area contributed by atoms with Gasteiger partial charge in [-0.2, -0.15) is 0 Å². The summed E-state index contributed by atoms with van der Waals surface area (Å²) in [6, 6.07) is 3.55. The van der Waals surface area contributed by atoms with Crippen LogP contribution < -0.4 is 9.47 Å². The van der Waals surface area contributed by atoms with Crippen molar-refractivity contribution in [1.82, 2.24) is 0 Å². The summed E-state index contributed by atoms with van der Waals surface area (Å²) in [6.07, 6.45) is -4.77. The van der Waals surface area contributed by atoms with Gasteiger partial charge in [0.15, 0.2) is 11.5 Å². The molecule has 0 saturated heterocycles. The van der Waals surface area contributed by atoms with Gasteiger partial charge >= 0.3 is 6.36 Å². The maximum atomic E-state index is 11.9. The van der Waals surface area contributed by atoms with Crippen LogP contribution in [-0.4, -0.2) is 18.6 Å². The summed E-state index contributed by atoms with van der Waals surface area (Å²) in [4.78, 5) is 0. The standard InChI is InChI=1S/C9H8F3O3/c1-14-8-4-6(5-13)2-3-7(8)15-9(10,11)12/h2-5,13H,1H3. The molecule has 0 aromatic heterocycles. The highest BCUT2D eigenvalue weighted by atomic mass is 19.4. The maximum Gasteiger partial charge on any atom is 0.573 e. The van der Waals surface area contributed by atoms with Gasteiger partial charge in [0.25, 0.3) is 0 Å². The highest BCUT2D eigenvalue weighted by Gasteiger charge is 2.32. The van der Waals surface area contributed by atoms with Gasteiger partial charge in [0.1, 0.15) is 6.61 Å². The Balaban J connectivity index is 2.97. The van der Waals surface area contributed by atoms with Crippen molar-refractivity contribution < 1.29 is 27.8 Å². The molecule has 0 spiro atoms. The molecule has 83 valence electrons. The van der Waals surface area contributed by atoms with E-state index < -0.39 is 12.1 Å². The molecule has 1 rings (SSSR count). The highest BCUT2D eigenvalue weighted by molar-refractivity contribution is 5.44. The summed E-state index contributed by atoms with van der Waals surface area (Å²) in [5.41, 5.74) is 0.321. The molecular formula is C9H8F3O3. The summed E-state index contributed by atoms with van der Waals surface area (Å²) in [6.45, 7) is 0.750. The fraction of sp³-hybridized carbons (Fsp3) is 0.222. The second-order valence-corrected chi connectivity index (χ2v) is 2.59. The van der Waals surface area contributed by atoms with Gasteiger partial charge in [-0.1, -0.05) is 6.07 Å². The molecule has 3 nitrogen and oxygen atoms in total. The SMILES string of the molecule is COc1cc([CH]O)ccc1OC(F)(F)F. The molecule has 0 bridgehead atoms. The lowest BCUT2D eigenvalue weighted by atomic mass is 10.2. The van der Waals surface area contributed by atoms with Crippen LogP contribution in [0.4, 0.5) is 13.2 Å². The van der Waals surface area contributed by atoms with E-state index in [1.807, 2.05) is 0 Å². The summed E-state index contributed by atoms with van der Waals surface area (Å²) < 4.78 is 44.1. The predicted octanol–water partition coefficient (Wildman–Crippen LogP) is 2.48. The number of hydrogen-bond donors (Lipinski definition) is 1. The normalized spacial score (nSPS) is 11.3. The number of halogens is 3. The minimum absolute atomic E-state index is 0.102. The molecular weight excluding hydrogens is 213 g/mol. The van der Waals surface area contributed by atoms with Crippen LogP contribution in [0.25, 0.3) is 0 Å². The number of methoxy groups -OCH3 is 1. The predicted molar refractivity (Wildman–Crippen MR) is 45.0 cm³/mol. The Labute approximate surface area is 84.0 Å².